The van der Waals surface area contributed by atoms with Gasteiger partial charge in [0.15, 0.2) is 0 Å². The lowest BCUT2D eigenvalue weighted by molar-refractivity contribution is -0.104. The smallest absolute Gasteiger partial charge is 0.150 e. The zero-order valence-corrected chi connectivity index (χ0v) is 13.1. The van der Waals surface area contributed by atoms with E-state index in [9.17, 15) is 4.79 Å². The molecule has 0 radical (unpaired) electrons. The molecule has 1 saturated heterocycles. The number of allylic oxidation sites excluding steroid dienone is 4. The van der Waals surface area contributed by atoms with Crippen LogP contribution in [0.5, 0.6) is 0 Å². The van der Waals surface area contributed by atoms with Gasteiger partial charge < -0.3 is 9.64 Å². The summed E-state index contributed by atoms with van der Waals surface area (Å²) in [5.74, 6) is 0. The summed E-state index contributed by atoms with van der Waals surface area (Å²) in [6.45, 7) is 13.4. The lowest BCUT2D eigenvalue weighted by atomic mass is 9.95. The molecule has 1 fully saturated rings. The molecule has 2 rings (SSSR count). The van der Waals surface area contributed by atoms with E-state index in [1.54, 1.807) is 0 Å². The highest BCUT2D eigenvalue weighted by Crippen LogP contribution is 2.32. The van der Waals surface area contributed by atoms with Crippen LogP contribution in [0, 0.1) is 0 Å². The number of carbonyl (C=O) groups is 1. The van der Waals surface area contributed by atoms with Gasteiger partial charge in [0.05, 0.1) is 13.2 Å². The van der Waals surface area contributed by atoms with Gasteiger partial charge in [-0.25, -0.2) is 0 Å². The number of morpholine rings is 1. The van der Waals surface area contributed by atoms with E-state index in [4.69, 9.17) is 4.74 Å². The van der Waals surface area contributed by atoms with Gasteiger partial charge in [-0.05, 0) is 32.4 Å². The van der Waals surface area contributed by atoms with E-state index in [-0.39, 0.29) is 6.04 Å². The predicted molar refractivity (Wildman–Crippen MR) is 84.5 cm³/mol. The summed E-state index contributed by atoms with van der Waals surface area (Å²) in [6, 6.07) is 0.213. The Labute approximate surface area is 127 Å². The molecule has 0 bridgehead atoms. The fourth-order valence-corrected chi connectivity index (χ4v) is 3.01. The summed E-state index contributed by atoms with van der Waals surface area (Å²) in [5.41, 5.74) is 3.89. The van der Waals surface area contributed by atoms with Crippen molar-refractivity contribution in [3.63, 3.8) is 0 Å². The first kappa shape index (κ1) is 15.7. The summed E-state index contributed by atoms with van der Waals surface area (Å²) in [7, 11) is 0. The molecule has 4 nitrogen and oxygen atoms in total. The Morgan fingerprint density at radius 2 is 2.05 bits per heavy atom. The molecule has 0 N–H and O–H groups in total. The van der Waals surface area contributed by atoms with Gasteiger partial charge in [0.25, 0.3) is 0 Å². The minimum Gasteiger partial charge on any atom is -0.379 e. The monoisotopic (exact) mass is 288 g/mol. The molecule has 0 aromatic heterocycles. The number of ether oxygens (including phenoxy) is 1. The minimum absolute atomic E-state index is 0.213. The Morgan fingerprint density at radius 1 is 1.38 bits per heavy atom. The maximum absolute atomic E-state index is 11.4. The number of carbonyl (C=O) groups excluding carboxylic acids is 1. The Kier molecular flexibility index (Phi) is 5.15. The summed E-state index contributed by atoms with van der Waals surface area (Å²) < 4.78 is 5.43. The van der Waals surface area contributed by atoms with E-state index in [1.165, 1.54) is 0 Å². The molecule has 0 aromatic carbocycles. The average molecular weight is 288 g/mol. The molecule has 0 aliphatic carbocycles. The first-order valence-corrected chi connectivity index (χ1v) is 7.42. The van der Waals surface area contributed by atoms with Crippen LogP contribution in [0.15, 0.2) is 47.5 Å². The maximum atomic E-state index is 11.4. The van der Waals surface area contributed by atoms with Crippen molar-refractivity contribution in [2.45, 2.75) is 26.8 Å². The van der Waals surface area contributed by atoms with Crippen molar-refractivity contribution >= 4 is 6.29 Å². The first-order chi connectivity index (χ1) is 10.1. The minimum atomic E-state index is 0.213. The van der Waals surface area contributed by atoms with Gasteiger partial charge in [0, 0.05) is 42.3 Å². The van der Waals surface area contributed by atoms with Crippen LogP contribution in [-0.4, -0.2) is 48.4 Å². The van der Waals surface area contributed by atoms with Gasteiger partial charge in [-0.3, -0.25) is 9.69 Å². The number of rotatable bonds is 4. The van der Waals surface area contributed by atoms with Gasteiger partial charge in [0.1, 0.15) is 6.29 Å². The molecule has 2 aliphatic heterocycles. The van der Waals surface area contributed by atoms with Crippen molar-refractivity contribution in [2.24, 2.45) is 0 Å². The molecular weight excluding hydrogens is 264 g/mol. The molecule has 0 amide bonds. The highest BCUT2D eigenvalue weighted by molar-refractivity contribution is 5.82. The van der Waals surface area contributed by atoms with E-state index >= 15 is 0 Å². The largest absolute Gasteiger partial charge is 0.379 e. The second-order valence-corrected chi connectivity index (χ2v) is 5.32. The highest BCUT2D eigenvalue weighted by atomic mass is 16.5. The molecule has 114 valence electrons. The quantitative estimate of drug-likeness (QED) is 0.744. The van der Waals surface area contributed by atoms with Gasteiger partial charge >= 0.3 is 0 Å². The second kappa shape index (κ2) is 6.87. The molecule has 0 saturated carbocycles. The maximum Gasteiger partial charge on any atom is 0.150 e. The SMILES string of the molecule is C=CN1C(C(C)N2CCOCC2)=C(C)C(C=O)=C/C1=C/C. The lowest BCUT2D eigenvalue weighted by Gasteiger charge is -2.40. The van der Waals surface area contributed by atoms with E-state index in [2.05, 4.69) is 23.3 Å². The lowest BCUT2D eigenvalue weighted by Crippen LogP contribution is -2.46. The van der Waals surface area contributed by atoms with Gasteiger partial charge in [-0.2, -0.15) is 0 Å². The Bertz CT molecular complexity index is 511. The van der Waals surface area contributed by atoms with Crippen molar-refractivity contribution in [2.75, 3.05) is 26.3 Å². The number of hydrogen-bond donors (Lipinski definition) is 0. The molecule has 0 spiro atoms. The number of hydrogen-bond acceptors (Lipinski definition) is 4. The van der Waals surface area contributed by atoms with E-state index in [0.29, 0.717) is 0 Å². The van der Waals surface area contributed by atoms with Gasteiger partial charge in [-0.1, -0.05) is 12.7 Å². The summed E-state index contributed by atoms with van der Waals surface area (Å²) in [5, 5.41) is 0. The second-order valence-electron chi connectivity index (χ2n) is 5.32. The summed E-state index contributed by atoms with van der Waals surface area (Å²) >= 11 is 0. The summed E-state index contributed by atoms with van der Waals surface area (Å²) in [4.78, 5) is 15.8. The molecule has 21 heavy (non-hydrogen) atoms. The van der Waals surface area contributed by atoms with Crippen LogP contribution in [0.2, 0.25) is 0 Å². The van der Waals surface area contributed by atoms with Crippen molar-refractivity contribution < 1.29 is 9.53 Å². The molecule has 1 atom stereocenters. The fourth-order valence-electron chi connectivity index (χ4n) is 3.01. The molecule has 2 aliphatic rings. The molecular formula is C17H24N2O2. The Morgan fingerprint density at radius 3 is 2.57 bits per heavy atom. The van der Waals surface area contributed by atoms with Crippen molar-refractivity contribution in [1.82, 2.24) is 9.80 Å². The third-order valence-electron chi connectivity index (χ3n) is 4.25. The number of nitrogens with zero attached hydrogens (tertiary/aromatic N) is 2. The zero-order chi connectivity index (χ0) is 15.4. The highest BCUT2D eigenvalue weighted by Gasteiger charge is 2.29. The van der Waals surface area contributed by atoms with E-state index in [0.717, 1.165) is 55.1 Å². The molecule has 4 heteroatoms. The zero-order valence-electron chi connectivity index (χ0n) is 13.1. The fraction of sp³-hybridized carbons (Fsp3) is 0.471. The topological polar surface area (TPSA) is 32.8 Å². The third kappa shape index (κ3) is 3.01. The number of aldehydes is 1. The predicted octanol–water partition coefficient (Wildman–Crippen LogP) is 2.47. The third-order valence-corrected chi connectivity index (χ3v) is 4.25. The van der Waals surface area contributed by atoms with Crippen LogP contribution in [0.25, 0.3) is 0 Å². The van der Waals surface area contributed by atoms with Crippen molar-refractivity contribution in [3.05, 3.63) is 47.5 Å². The van der Waals surface area contributed by atoms with Crippen LogP contribution >= 0.6 is 0 Å². The Hall–Kier alpha value is -1.65. The molecule has 0 aromatic rings. The van der Waals surface area contributed by atoms with Crippen LogP contribution < -0.4 is 0 Å². The van der Waals surface area contributed by atoms with Crippen LogP contribution in [0.3, 0.4) is 0 Å². The van der Waals surface area contributed by atoms with E-state index < -0.39 is 0 Å². The van der Waals surface area contributed by atoms with Crippen LogP contribution in [0.4, 0.5) is 0 Å². The average Bonchev–Trinajstić information content (AvgIpc) is 2.54. The molecule has 2 heterocycles. The Balaban J connectivity index is 2.41. The van der Waals surface area contributed by atoms with Crippen LogP contribution in [-0.2, 0) is 9.53 Å². The normalized spacial score (nSPS) is 24.0. The van der Waals surface area contributed by atoms with Crippen LogP contribution in [0.1, 0.15) is 20.8 Å². The van der Waals surface area contributed by atoms with Crippen molar-refractivity contribution in [3.8, 4) is 0 Å². The van der Waals surface area contributed by atoms with Gasteiger partial charge in [0.2, 0.25) is 0 Å². The van der Waals surface area contributed by atoms with Gasteiger partial charge in [-0.15, -0.1) is 0 Å². The first-order valence-electron chi connectivity index (χ1n) is 7.42. The van der Waals surface area contributed by atoms with Crippen molar-refractivity contribution in [1.29, 1.82) is 0 Å². The summed E-state index contributed by atoms with van der Waals surface area (Å²) in [6.07, 6.45) is 6.68. The van der Waals surface area contributed by atoms with E-state index in [1.807, 2.05) is 32.2 Å². The standard InChI is InChI=1S/C17H24N2O2/c1-5-16-11-15(12-20)13(3)17(19(16)6-2)14(4)18-7-9-21-10-8-18/h5-6,11-12,14H,2,7-10H2,1,3-4H3/b16-5-. The molecule has 1 unspecified atom stereocenters.